The number of carbonyl (C=O) groups excluding carboxylic acids is 1. The van der Waals surface area contributed by atoms with Gasteiger partial charge in [-0.15, -0.1) is 0 Å². The molecule has 4 nitrogen and oxygen atoms in total. The Kier molecular flexibility index (Phi) is 6.06. The van der Waals surface area contributed by atoms with Crippen molar-refractivity contribution < 1.29 is 14.7 Å². The Balaban J connectivity index is 2.35. The highest BCUT2D eigenvalue weighted by Crippen LogP contribution is 2.15. The second-order valence-electron chi connectivity index (χ2n) is 4.82. The van der Waals surface area contributed by atoms with Crippen LogP contribution in [0.2, 0.25) is 0 Å². The second kappa shape index (κ2) is 7.56. The number of hydrogen-bond acceptors (Lipinski definition) is 3. The van der Waals surface area contributed by atoms with Gasteiger partial charge in [-0.25, -0.2) is 0 Å². The van der Waals surface area contributed by atoms with Gasteiger partial charge in [0.15, 0.2) is 5.78 Å². The quantitative estimate of drug-likeness (QED) is 0.578. The fraction of sp³-hybridized carbons (Fsp3) is 0.467. The summed E-state index contributed by atoms with van der Waals surface area (Å²) >= 11 is 0. The molecule has 0 unspecified atom stereocenters. The molecule has 1 N–H and O–H groups in total. The van der Waals surface area contributed by atoms with Crippen LogP contribution in [0.25, 0.3) is 0 Å². The van der Waals surface area contributed by atoms with Crippen molar-refractivity contribution in [1.29, 1.82) is 0 Å². The third-order valence-corrected chi connectivity index (χ3v) is 3.00. The van der Waals surface area contributed by atoms with E-state index < -0.39 is 5.97 Å². The Labute approximate surface area is 114 Å². The van der Waals surface area contributed by atoms with Crippen molar-refractivity contribution in [2.24, 2.45) is 0 Å². The lowest BCUT2D eigenvalue weighted by atomic mass is 10.0. The van der Waals surface area contributed by atoms with Crippen LogP contribution in [0, 0.1) is 0 Å². The molecule has 1 rings (SSSR count). The van der Waals surface area contributed by atoms with E-state index in [1.54, 1.807) is 0 Å². The van der Waals surface area contributed by atoms with Gasteiger partial charge in [-0.2, -0.15) is 0 Å². The molecule has 0 radical (unpaired) electrons. The van der Waals surface area contributed by atoms with Gasteiger partial charge in [-0.1, -0.05) is 6.42 Å². The third kappa shape index (κ3) is 5.55. The summed E-state index contributed by atoms with van der Waals surface area (Å²) in [5, 5.41) is 8.50. The summed E-state index contributed by atoms with van der Waals surface area (Å²) < 4.78 is 0. The highest BCUT2D eigenvalue weighted by atomic mass is 16.4. The number of aliphatic carboxylic acids is 1. The Morgan fingerprint density at radius 2 is 1.58 bits per heavy atom. The monoisotopic (exact) mass is 263 g/mol. The summed E-state index contributed by atoms with van der Waals surface area (Å²) in [6.07, 6.45) is 2.85. The number of unbranched alkanes of at least 4 members (excludes halogenated alkanes) is 2. The number of anilines is 1. The van der Waals surface area contributed by atoms with E-state index in [1.165, 1.54) is 0 Å². The van der Waals surface area contributed by atoms with Crippen molar-refractivity contribution in [3.05, 3.63) is 29.8 Å². The average Bonchev–Trinajstić information content (AvgIpc) is 2.37. The van der Waals surface area contributed by atoms with E-state index in [2.05, 4.69) is 0 Å². The highest BCUT2D eigenvalue weighted by molar-refractivity contribution is 5.96. The van der Waals surface area contributed by atoms with E-state index in [0.717, 1.165) is 24.1 Å². The van der Waals surface area contributed by atoms with Crippen molar-refractivity contribution in [1.82, 2.24) is 0 Å². The molecule has 0 aliphatic heterocycles. The van der Waals surface area contributed by atoms with Crippen molar-refractivity contribution in [3.8, 4) is 0 Å². The van der Waals surface area contributed by atoms with Crippen molar-refractivity contribution in [2.75, 3.05) is 19.0 Å². The topological polar surface area (TPSA) is 57.6 Å². The van der Waals surface area contributed by atoms with Crippen LogP contribution in [0.1, 0.15) is 42.5 Å². The molecule has 4 heteroatoms. The molecule has 0 saturated heterocycles. The first-order chi connectivity index (χ1) is 9.00. The molecule has 19 heavy (non-hydrogen) atoms. The van der Waals surface area contributed by atoms with E-state index in [4.69, 9.17) is 5.11 Å². The molecular formula is C15H21NO3. The largest absolute Gasteiger partial charge is 0.481 e. The fourth-order valence-electron chi connectivity index (χ4n) is 1.83. The average molecular weight is 263 g/mol. The van der Waals surface area contributed by atoms with E-state index in [9.17, 15) is 9.59 Å². The molecule has 0 saturated carbocycles. The number of ketones is 1. The molecular weight excluding hydrogens is 242 g/mol. The highest BCUT2D eigenvalue weighted by Gasteiger charge is 2.06. The molecule has 0 amide bonds. The van der Waals surface area contributed by atoms with Gasteiger partial charge >= 0.3 is 5.97 Å². The first-order valence-corrected chi connectivity index (χ1v) is 6.53. The Bertz CT molecular complexity index is 424. The summed E-state index contributed by atoms with van der Waals surface area (Å²) in [5.41, 5.74) is 1.79. The number of carbonyl (C=O) groups is 2. The SMILES string of the molecule is CN(C)c1ccc(C(=O)CCCCCC(=O)O)cc1. The Morgan fingerprint density at radius 1 is 1.00 bits per heavy atom. The lowest BCUT2D eigenvalue weighted by molar-refractivity contribution is -0.137. The van der Waals surface area contributed by atoms with E-state index >= 15 is 0 Å². The first-order valence-electron chi connectivity index (χ1n) is 6.53. The molecule has 0 spiro atoms. The van der Waals surface area contributed by atoms with Crippen LogP contribution in [0.15, 0.2) is 24.3 Å². The lowest BCUT2D eigenvalue weighted by Crippen LogP contribution is -2.08. The molecule has 1 aromatic carbocycles. The Morgan fingerprint density at radius 3 is 2.11 bits per heavy atom. The van der Waals surface area contributed by atoms with E-state index in [-0.39, 0.29) is 12.2 Å². The maximum atomic E-state index is 11.9. The zero-order valence-electron chi connectivity index (χ0n) is 11.6. The predicted octanol–water partition coefficient (Wildman–Crippen LogP) is 2.97. The Hall–Kier alpha value is -1.84. The molecule has 1 aromatic rings. The first kappa shape index (κ1) is 15.2. The van der Waals surface area contributed by atoms with Crippen LogP contribution >= 0.6 is 0 Å². The van der Waals surface area contributed by atoms with Crippen LogP contribution in [0.3, 0.4) is 0 Å². The normalized spacial score (nSPS) is 10.2. The molecule has 0 atom stereocenters. The van der Waals surface area contributed by atoms with E-state index in [0.29, 0.717) is 12.8 Å². The number of carboxylic acids is 1. The molecule has 0 aromatic heterocycles. The number of rotatable bonds is 8. The minimum atomic E-state index is -0.773. The zero-order chi connectivity index (χ0) is 14.3. The number of hydrogen-bond donors (Lipinski definition) is 1. The van der Waals surface area contributed by atoms with Crippen LogP contribution in [-0.4, -0.2) is 31.0 Å². The summed E-state index contributed by atoms with van der Waals surface area (Å²) in [4.78, 5) is 24.2. The summed E-state index contributed by atoms with van der Waals surface area (Å²) in [6, 6.07) is 7.54. The standard InChI is InChI=1S/C15H21NO3/c1-16(2)13-10-8-12(9-11-13)14(17)6-4-3-5-7-15(18)19/h8-11H,3-7H2,1-2H3,(H,18,19). The minimum absolute atomic E-state index is 0.126. The smallest absolute Gasteiger partial charge is 0.303 e. The fourth-order valence-corrected chi connectivity index (χ4v) is 1.83. The predicted molar refractivity (Wildman–Crippen MR) is 75.8 cm³/mol. The molecule has 0 fully saturated rings. The van der Waals surface area contributed by atoms with Gasteiger partial charge in [0.1, 0.15) is 0 Å². The molecule has 0 aliphatic carbocycles. The number of Topliss-reactive ketones (excluding diaryl/α,β-unsaturated/α-hetero) is 1. The molecule has 0 heterocycles. The van der Waals surface area contributed by atoms with Crippen LogP contribution in [-0.2, 0) is 4.79 Å². The van der Waals surface area contributed by atoms with Gasteiger partial charge < -0.3 is 10.0 Å². The van der Waals surface area contributed by atoms with Crippen molar-refractivity contribution in [2.45, 2.75) is 32.1 Å². The van der Waals surface area contributed by atoms with E-state index in [1.807, 2.05) is 43.3 Å². The zero-order valence-corrected chi connectivity index (χ0v) is 11.6. The molecule has 0 aliphatic rings. The number of benzene rings is 1. The van der Waals surface area contributed by atoms with Gasteiger partial charge in [0.25, 0.3) is 0 Å². The van der Waals surface area contributed by atoms with Crippen molar-refractivity contribution in [3.63, 3.8) is 0 Å². The van der Waals surface area contributed by atoms with Crippen LogP contribution < -0.4 is 4.90 Å². The molecule has 0 bridgehead atoms. The number of carboxylic acid groups (broad SMARTS) is 1. The van der Waals surface area contributed by atoms with Gasteiger partial charge in [0.2, 0.25) is 0 Å². The number of nitrogens with zero attached hydrogens (tertiary/aromatic N) is 1. The third-order valence-electron chi connectivity index (χ3n) is 3.00. The summed E-state index contributed by atoms with van der Waals surface area (Å²) in [5.74, 6) is -0.647. The lowest BCUT2D eigenvalue weighted by Gasteiger charge is -2.12. The summed E-state index contributed by atoms with van der Waals surface area (Å²) in [6.45, 7) is 0. The van der Waals surface area contributed by atoms with Crippen molar-refractivity contribution >= 4 is 17.4 Å². The van der Waals surface area contributed by atoms with Crippen LogP contribution in [0.5, 0.6) is 0 Å². The minimum Gasteiger partial charge on any atom is -0.481 e. The van der Waals surface area contributed by atoms with Gasteiger partial charge in [-0.3, -0.25) is 9.59 Å². The van der Waals surface area contributed by atoms with Gasteiger partial charge in [0, 0.05) is 38.2 Å². The molecule has 104 valence electrons. The maximum Gasteiger partial charge on any atom is 0.303 e. The second-order valence-corrected chi connectivity index (χ2v) is 4.82. The summed E-state index contributed by atoms with van der Waals surface area (Å²) in [7, 11) is 3.92. The van der Waals surface area contributed by atoms with Crippen LogP contribution in [0.4, 0.5) is 5.69 Å². The maximum absolute atomic E-state index is 11.9. The van der Waals surface area contributed by atoms with Gasteiger partial charge in [0.05, 0.1) is 0 Å². The van der Waals surface area contributed by atoms with Gasteiger partial charge in [-0.05, 0) is 37.1 Å².